The summed E-state index contributed by atoms with van der Waals surface area (Å²) in [5.41, 5.74) is 2.03. The molecule has 2 rings (SSSR count). The van der Waals surface area contributed by atoms with Gasteiger partial charge >= 0.3 is 0 Å². The van der Waals surface area contributed by atoms with E-state index >= 15 is 0 Å². The Labute approximate surface area is 164 Å². The number of ether oxygens (including phenoxy) is 1. The molecule has 0 bridgehead atoms. The molecule has 0 aromatic heterocycles. The van der Waals surface area contributed by atoms with Crippen molar-refractivity contribution in [2.24, 2.45) is 0 Å². The number of rotatable bonds is 8. The van der Waals surface area contributed by atoms with Crippen LogP contribution in [0.1, 0.15) is 36.7 Å². The minimum Gasteiger partial charge on any atom is -0.491 e. The molecule has 0 aliphatic rings. The maximum atomic E-state index is 12.1. The molecule has 28 heavy (non-hydrogen) atoms. The smallest absolute Gasteiger partial charge is 0.251 e. The monoisotopic (exact) mass is 383 g/mol. The second kappa shape index (κ2) is 10.1. The van der Waals surface area contributed by atoms with Crippen molar-refractivity contribution in [2.45, 2.75) is 33.4 Å². The molecule has 3 N–H and O–H groups in total. The van der Waals surface area contributed by atoms with Crippen LogP contribution in [-0.2, 0) is 16.1 Å². The van der Waals surface area contributed by atoms with Crippen molar-refractivity contribution in [1.29, 1.82) is 0 Å². The molecule has 0 saturated carbocycles. The lowest BCUT2D eigenvalue weighted by molar-refractivity contribution is -0.120. The summed E-state index contributed by atoms with van der Waals surface area (Å²) in [7, 11) is 0. The van der Waals surface area contributed by atoms with Crippen LogP contribution in [-0.4, -0.2) is 30.4 Å². The van der Waals surface area contributed by atoms with Gasteiger partial charge in [0.2, 0.25) is 11.8 Å². The van der Waals surface area contributed by atoms with Gasteiger partial charge in [-0.25, -0.2) is 0 Å². The fourth-order valence-electron chi connectivity index (χ4n) is 2.39. The lowest BCUT2D eigenvalue weighted by atomic mass is 10.2. The zero-order valence-corrected chi connectivity index (χ0v) is 16.2. The SMILES string of the molecule is CC(=O)Nc1ccc(CNC(=O)CNC(=O)c2ccc(OC(C)C)cc2)cc1. The molecule has 0 saturated heterocycles. The normalized spacial score (nSPS) is 10.3. The average molecular weight is 383 g/mol. The maximum absolute atomic E-state index is 12.1. The van der Waals surface area contributed by atoms with Crippen molar-refractivity contribution in [1.82, 2.24) is 10.6 Å². The molecule has 2 aromatic rings. The predicted molar refractivity (Wildman–Crippen MR) is 107 cm³/mol. The van der Waals surface area contributed by atoms with E-state index < -0.39 is 0 Å². The van der Waals surface area contributed by atoms with Crippen molar-refractivity contribution in [3.63, 3.8) is 0 Å². The van der Waals surface area contributed by atoms with Gasteiger partial charge in [0.25, 0.3) is 5.91 Å². The second-order valence-electron chi connectivity index (χ2n) is 6.53. The highest BCUT2D eigenvalue weighted by Gasteiger charge is 2.09. The van der Waals surface area contributed by atoms with E-state index in [9.17, 15) is 14.4 Å². The number of nitrogens with one attached hydrogen (secondary N) is 3. The standard InChI is InChI=1S/C21H25N3O4/c1-14(2)28-19-10-6-17(7-11-19)21(27)23-13-20(26)22-12-16-4-8-18(9-5-16)24-15(3)25/h4-11,14H,12-13H2,1-3H3,(H,22,26)(H,23,27)(H,24,25). The molecule has 0 heterocycles. The molecule has 0 fully saturated rings. The molecule has 0 unspecified atom stereocenters. The Hall–Kier alpha value is -3.35. The number of amides is 3. The van der Waals surface area contributed by atoms with Gasteiger partial charge in [-0.1, -0.05) is 12.1 Å². The predicted octanol–water partition coefficient (Wildman–Crippen LogP) is 2.48. The van der Waals surface area contributed by atoms with Gasteiger partial charge in [0.1, 0.15) is 5.75 Å². The average Bonchev–Trinajstić information content (AvgIpc) is 2.65. The zero-order valence-electron chi connectivity index (χ0n) is 16.2. The van der Waals surface area contributed by atoms with Gasteiger partial charge < -0.3 is 20.7 Å². The lowest BCUT2D eigenvalue weighted by Crippen LogP contribution is -2.36. The number of carbonyl (C=O) groups is 3. The highest BCUT2D eigenvalue weighted by atomic mass is 16.5. The Kier molecular flexibility index (Phi) is 7.56. The summed E-state index contributed by atoms with van der Waals surface area (Å²) < 4.78 is 5.53. The third-order valence-electron chi connectivity index (χ3n) is 3.66. The van der Waals surface area contributed by atoms with Crippen LogP contribution in [0.3, 0.4) is 0 Å². The molecule has 3 amide bonds. The van der Waals surface area contributed by atoms with Crippen molar-refractivity contribution in [2.75, 3.05) is 11.9 Å². The highest BCUT2D eigenvalue weighted by Crippen LogP contribution is 2.13. The Morgan fingerprint density at radius 2 is 1.57 bits per heavy atom. The molecule has 7 heteroatoms. The molecular formula is C21H25N3O4. The zero-order chi connectivity index (χ0) is 20.5. The van der Waals surface area contributed by atoms with Gasteiger partial charge in [-0.15, -0.1) is 0 Å². The van der Waals surface area contributed by atoms with Gasteiger partial charge in [-0.05, 0) is 55.8 Å². The van der Waals surface area contributed by atoms with E-state index in [1.807, 2.05) is 26.0 Å². The molecule has 7 nitrogen and oxygen atoms in total. The minimum absolute atomic E-state index is 0.0602. The summed E-state index contributed by atoms with van der Waals surface area (Å²) in [6.45, 7) is 5.51. The van der Waals surface area contributed by atoms with E-state index in [0.29, 0.717) is 23.5 Å². The lowest BCUT2D eigenvalue weighted by Gasteiger charge is -2.10. The van der Waals surface area contributed by atoms with Crippen LogP contribution >= 0.6 is 0 Å². The van der Waals surface area contributed by atoms with Crippen LogP contribution in [0.15, 0.2) is 48.5 Å². The minimum atomic E-state index is -0.328. The first-order valence-electron chi connectivity index (χ1n) is 9.01. The van der Waals surface area contributed by atoms with Crippen LogP contribution in [0.4, 0.5) is 5.69 Å². The van der Waals surface area contributed by atoms with Gasteiger partial charge in [0, 0.05) is 24.7 Å². The molecule has 0 radical (unpaired) electrons. The van der Waals surface area contributed by atoms with E-state index in [-0.39, 0.29) is 30.4 Å². The topological polar surface area (TPSA) is 96.5 Å². The first kappa shape index (κ1) is 21.0. The van der Waals surface area contributed by atoms with E-state index in [4.69, 9.17) is 4.74 Å². The molecular weight excluding hydrogens is 358 g/mol. The van der Waals surface area contributed by atoms with Gasteiger partial charge in [-0.3, -0.25) is 14.4 Å². The molecule has 0 spiro atoms. The van der Waals surface area contributed by atoms with E-state index in [1.165, 1.54) is 6.92 Å². The van der Waals surface area contributed by atoms with Gasteiger partial charge in [-0.2, -0.15) is 0 Å². The van der Waals surface area contributed by atoms with Crippen LogP contribution in [0.25, 0.3) is 0 Å². The van der Waals surface area contributed by atoms with Gasteiger partial charge in [0.15, 0.2) is 0 Å². The van der Waals surface area contributed by atoms with Crippen LogP contribution in [0, 0.1) is 0 Å². The van der Waals surface area contributed by atoms with Crippen molar-refractivity contribution in [3.05, 3.63) is 59.7 Å². The van der Waals surface area contributed by atoms with Crippen LogP contribution in [0.5, 0.6) is 5.75 Å². The van der Waals surface area contributed by atoms with E-state index in [1.54, 1.807) is 36.4 Å². The third-order valence-corrected chi connectivity index (χ3v) is 3.66. The number of anilines is 1. The highest BCUT2D eigenvalue weighted by molar-refractivity contribution is 5.96. The number of carbonyl (C=O) groups excluding carboxylic acids is 3. The second-order valence-corrected chi connectivity index (χ2v) is 6.53. The van der Waals surface area contributed by atoms with Crippen molar-refractivity contribution < 1.29 is 19.1 Å². The quantitative estimate of drug-likeness (QED) is 0.652. The van der Waals surface area contributed by atoms with Crippen LogP contribution < -0.4 is 20.7 Å². The summed E-state index contributed by atoms with van der Waals surface area (Å²) in [4.78, 5) is 35.0. The molecule has 0 atom stereocenters. The van der Waals surface area contributed by atoms with Gasteiger partial charge in [0.05, 0.1) is 12.6 Å². The number of benzene rings is 2. The summed E-state index contributed by atoms with van der Waals surface area (Å²) in [5, 5.41) is 8.00. The molecule has 148 valence electrons. The largest absolute Gasteiger partial charge is 0.491 e. The van der Waals surface area contributed by atoms with Crippen LogP contribution in [0.2, 0.25) is 0 Å². The fraction of sp³-hybridized carbons (Fsp3) is 0.286. The van der Waals surface area contributed by atoms with Crippen molar-refractivity contribution in [3.8, 4) is 5.75 Å². The first-order valence-corrected chi connectivity index (χ1v) is 9.01. The Morgan fingerprint density at radius 1 is 0.929 bits per heavy atom. The molecule has 0 aliphatic heterocycles. The Balaban J connectivity index is 1.75. The molecule has 2 aromatic carbocycles. The third kappa shape index (κ3) is 7.11. The summed E-state index contributed by atoms with van der Waals surface area (Å²) >= 11 is 0. The summed E-state index contributed by atoms with van der Waals surface area (Å²) in [5.74, 6) is -0.0716. The summed E-state index contributed by atoms with van der Waals surface area (Å²) in [6.07, 6.45) is 0.0602. The summed E-state index contributed by atoms with van der Waals surface area (Å²) in [6, 6.07) is 13.9. The van der Waals surface area contributed by atoms with E-state index in [2.05, 4.69) is 16.0 Å². The Morgan fingerprint density at radius 3 is 2.14 bits per heavy atom. The molecule has 0 aliphatic carbocycles. The fourth-order valence-corrected chi connectivity index (χ4v) is 2.39. The maximum Gasteiger partial charge on any atom is 0.251 e. The van der Waals surface area contributed by atoms with Crippen molar-refractivity contribution >= 4 is 23.4 Å². The Bertz CT molecular complexity index is 815. The first-order chi connectivity index (χ1) is 13.3. The number of hydrogen-bond donors (Lipinski definition) is 3. The van der Waals surface area contributed by atoms with E-state index in [0.717, 1.165) is 5.56 Å². The number of hydrogen-bond acceptors (Lipinski definition) is 4.